The standard InChI is InChI=1S/C27H46O/c1-3-5-7-8-10-13-25-19-21-27(22-20-25)28-23-11-14-26-17-15-24(16-18-26)12-9-6-4-2/h19-22,24,26H,3-18,23H2,1-2H3. The Morgan fingerprint density at radius 1 is 0.679 bits per heavy atom. The van der Waals surface area contributed by atoms with E-state index >= 15 is 0 Å². The Morgan fingerprint density at radius 2 is 1.25 bits per heavy atom. The first-order chi connectivity index (χ1) is 13.8. The van der Waals surface area contributed by atoms with Gasteiger partial charge >= 0.3 is 0 Å². The van der Waals surface area contributed by atoms with Crippen LogP contribution in [0.1, 0.15) is 116 Å². The third kappa shape index (κ3) is 9.99. The Bertz CT molecular complexity index is 470. The zero-order valence-corrected chi connectivity index (χ0v) is 18.9. The molecule has 0 aromatic heterocycles. The second-order valence-electron chi connectivity index (χ2n) is 9.18. The van der Waals surface area contributed by atoms with Gasteiger partial charge < -0.3 is 4.74 Å². The first kappa shape index (κ1) is 23.3. The molecule has 0 atom stereocenters. The van der Waals surface area contributed by atoms with Crippen molar-refractivity contribution in [2.75, 3.05) is 6.61 Å². The van der Waals surface area contributed by atoms with Crippen molar-refractivity contribution in [3.63, 3.8) is 0 Å². The summed E-state index contributed by atoms with van der Waals surface area (Å²) in [6.07, 6.45) is 22.2. The van der Waals surface area contributed by atoms with E-state index in [1.807, 2.05) is 0 Å². The molecular weight excluding hydrogens is 340 g/mol. The molecule has 0 radical (unpaired) electrons. The largest absolute Gasteiger partial charge is 0.494 e. The van der Waals surface area contributed by atoms with E-state index in [1.165, 1.54) is 108 Å². The highest BCUT2D eigenvalue weighted by molar-refractivity contribution is 5.27. The van der Waals surface area contributed by atoms with Crippen LogP contribution in [0.3, 0.4) is 0 Å². The van der Waals surface area contributed by atoms with Crippen LogP contribution >= 0.6 is 0 Å². The van der Waals surface area contributed by atoms with Gasteiger partial charge in [-0.1, -0.05) is 103 Å². The topological polar surface area (TPSA) is 9.23 Å². The van der Waals surface area contributed by atoms with E-state index in [-0.39, 0.29) is 0 Å². The highest BCUT2D eigenvalue weighted by Crippen LogP contribution is 2.34. The molecule has 2 rings (SSSR count). The normalized spacial score (nSPS) is 19.6. The number of unbranched alkanes of at least 4 members (excludes halogenated alkanes) is 6. The van der Waals surface area contributed by atoms with Crippen LogP contribution in [0.25, 0.3) is 0 Å². The molecule has 1 aromatic carbocycles. The van der Waals surface area contributed by atoms with Crippen LogP contribution in [0.5, 0.6) is 5.75 Å². The van der Waals surface area contributed by atoms with Crippen molar-refractivity contribution in [2.24, 2.45) is 11.8 Å². The summed E-state index contributed by atoms with van der Waals surface area (Å²) in [5, 5.41) is 0. The van der Waals surface area contributed by atoms with Gasteiger partial charge in [0.15, 0.2) is 0 Å². The van der Waals surface area contributed by atoms with Crippen molar-refractivity contribution in [1.82, 2.24) is 0 Å². The van der Waals surface area contributed by atoms with Crippen LogP contribution < -0.4 is 4.74 Å². The summed E-state index contributed by atoms with van der Waals surface area (Å²) < 4.78 is 6.00. The number of hydrogen-bond donors (Lipinski definition) is 0. The summed E-state index contributed by atoms with van der Waals surface area (Å²) in [6.45, 7) is 5.47. The lowest BCUT2D eigenvalue weighted by atomic mass is 9.78. The lowest BCUT2D eigenvalue weighted by Gasteiger charge is -2.28. The molecule has 1 saturated carbocycles. The number of aryl methyl sites for hydroxylation is 1. The fraction of sp³-hybridized carbons (Fsp3) is 0.778. The first-order valence-corrected chi connectivity index (χ1v) is 12.5. The summed E-state index contributed by atoms with van der Waals surface area (Å²) >= 11 is 0. The van der Waals surface area contributed by atoms with Gasteiger partial charge in [0.2, 0.25) is 0 Å². The smallest absolute Gasteiger partial charge is 0.119 e. The second-order valence-corrected chi connectivity index (χ2v) is 9.18. The number of benzene rings is 1. The maximum absolute atomic E-state index is 6.00. The molecule has 0 saturated heterocycles. The summed E-state index contributed by atoms with van der Waals surface area (Å²) in [6, 6.07) is 8.86. The zero-order valence-electron chi connectivity index (χ0n) is 18.9. The molecule has 0 N–H and O–H groups in total. The van der Waals surface area contributed by atoms with Gasteiger partial charge in [0.25, 0.3) is 0 Å². The first-order valence-electron chi connectivity index (χ1n) is 12.5. The SMILES string of the molecule is CCCCCCCc1ccc(OCCCC2CCC(CCCCC)CC2)cc1. The molecule has 0 aliphatic heterocycles. The van der Waals surface area contributed by atoms with Crippen LogP contribution in [0, 0.1) is 11.8 Å². The highest BCUT2D eigenvalue weighted by atomic mass is 16.5. The molecule has 0 spiro atoms. The minimum Gasteiger partial charge on any atom is -0.494 e. The van der Waals surface area contributed by atoms with Crippen molar-refractivity contribution >= 4 is 0 Å². The van der Waals surface area contributed by atoms with Crippen LogP contribution in [-0.2, 0) is 6.42 Å². The molecule has 0 unspecified atom stereocenters. The van der Waals surface area contributed by atoms with Gasteiger partial charge in [-0.2, -0.15) is 0 Å². The number of ether oxygens (including phenoxy) is 1. The van der Waals surface area contributed by atoms with E-state index in [9.17, 15) is 0 Å². The van der Waals surface area contributed by atoms with Crippen molar-refractivity contribution in [2.45, 2.75) is 117 Å². The van der Waals surface area contributed by atoms with E-state index in [0.29, 0.717) is 0 Å². The summed E-state index contributed by atoms with van der Waals surface area (Å²) in [5.74, 6) is 3.04. The van der Waals surface area contributed by atoms with Gasteiger partial charge in [0.05, 0.1) is 6.61 Å². The molecule has 1 nitrogen and oxygen atoms in total. The molecule has 160 valence electrons. The Labute approximate surface area is 175 Å². The Hall–Kier alpha value is -0.980. The fourth-order valence-electron chi connectivity index (χ4n) is 4.74. The van der Waals surface area contributed by atoms with Gasteiger partial charge in [-0.15, -0.1) is 0 Å². The molecule has 1 heteroatoms. The maximum Gasteiger partial charge on any atom is 0.119 e. The average Bonchev–Trinajstić information content (AvgIpc) is 2.73. The van der Waals surface area contributed by atoms with Gasteiger partial charge in [-0.05, 0) is 55.2 Å². The van der Waals surface area contributed by atoms with E-state index in [0.717, 1.165) is 24.2 Å². The zero-order chi connectivity index (χ0) is 19.9. The maximum atomic E-state index is 6.00. The predicted molar refractivity (Wildman–Crippen MR) is 123 cm³/mol. The molecule has 1 aliphatic rings. The lowest BCUT2D eigenvalue weighted by molar-refractivity contribution is 0.228. The molecule has 0 amide bonds. The summed E-state index contributed by atoms with van der Waals surface area (Å²) in [4.78, 5) is 0. The number of hydrogen-bond acceptors (Lipinski definition) is 1. The molecule has 0 heterocycles. The minimum absolute atomic E-state index is 0.882. The Balaban J connectivity index is 1.50. The van der Waals surface area contributed by atoms with Crippen molar-refractivity contribution in [3.05, 3.63) is 29.8 Å². The predicted octanol–water partition coefficient (Wildman–Crippen LogP) is 8.75. The summed E-state index contributed by atoms with van der Waals surface area (Å²) in [5.41, 5.74) is 1.46. The monoisotopic (exact) mass is 386 g/mol. The average molecular weight is 387 g/mol. The van der Waals surface area contributed by atoms with E-state index in [2.05, 4.69) is 38.1 Å². The van der Waals surface area contributed by atoms with E-state index < -0.39 is 0 Å². The fourth-order valence-corrected chi connectivity index (χ4v) is 4.74. The van der Waals surface area contributed by atoms with Crippen LogP contribution in [0.4, 0.5) is 0 Å². The lowest BCUT2D eigenvalue weighted by Crippen LogP contribution is -2.15. The van der Waals surface area contributed by atoms with E-state index in [4.69, 9.17) is 4.74 Å². The second kappa shape index (κ2) is 14.9. The third-order valence-electron chi connectivity index (χ3n) is 6.70. The molecule has 0 bridgehead atoms. The van der Waals surface area contributed by atoms with Crippen LogP contribution in [0.2, 0.25) is 0 Å². The van der Waals surface area contributed by atoms with Gasteiger partial charge in [0.1, 0.15) is 5.75 Å². The minimum atomic E-state index is 0.882. The highest BCUT2D eigenvalue weighted by Gasteiger charge is 2.20. The Morgan fingerprint density at radius 3 is 1.89 bits per heavy atom. The Kier molecular flexibility index (Phi) is 12.4. The van der Waals surface area contributed by atoms with Gasteiger partial charge in [-0.25, -0.2) is 0 Å². The van der Waals surface area contributed by atoms with Gasteiger partial charge in [-0.3, -0.25) is 0 Å². The quantitative estimate of drug-likeness (QED) is 0.274. The summed E-state index contributed by atoms with van der Waals surface area (Å²) in [7, 11) is 0. The van der Waals surface area contributed by atoms with Crippen molar-refractivity contribution in [1.29, 1.82) is 0 Å². The van der Waals surface area contributed by atoms with Crippen molar-refractivity contribution in [3.8, 4) is 5.75 Å². The van der Waals surface area contributed by atoms with Gasteiger partial charge in [0, 0.05) is 0 Å². The molecule has 1 aliphatic carbocycles. The van der Waals surface area contributed by atoms with E-state index in [1.54, 1.807) is 0 Å². The van der Waals surface area contributed by atoms with Crippen LogP contribution in [0.15, 0.2) is 24.3 Å². The number of rotatable bonds is 15. The molecule has 1 fully saturated rings. The third-order valence-corrected chi connectivity index (χ3v) is 6.70. The van der Waals surface area contributed by atoms with Crippen LogP contribution in [-0.4, -0.2) is 6.61 Å². The molecular formula is C27H46O. The van der Waals surface area contributed by atoms with Crippen molar-refractivity contribution < 1.29 is 4.74 Å². The molecule has 28 heavy (non-hydrogen) atoms. The molecule has 1 aromatic rings.